The second kappa shape index (κ2) is 11.6. The number of hydrogen-bond acceptors (Lipinski definition) is 13. The standard InChI is InChI=1S/C16H22N2O11P2.Mn/c1-9-15(21)13(11(5-19)3-17-9)7-27-30(23,24)29-31(25,26)28-8-14-12(6-20)4-18-10(2)16(14)22;/h3-4,19-22H,5-8H2,1-2H3,(H,23,24)(H,25,26);/q;+2/p-2. The van der Waals surface area contributed by atoms with Gasteiger partial charge in [0.25, 0.3) is 15.6 Å². The molecule has 0 amide bonds. The minimum absolute atomic E-state index is 0. The van der Waals surface area contributed by atoms with Gasteiger partial charge in [-0.3, -0.25) is 19.1 Å². The van der Waals surface area contributed by atoms with Crippen molar-refractivity contribution in [2.24, 2.45) is 0 Å². The number of phosphoric acid groups is 2. The van der Waals surface area contributed by atoms with Crippen molar-refractivity contribution in [3.05, 3.63) is 46.0 Å². The third kappa shape index (κ3) is 7.31. The number of rotatable bonds is 10. The third-order valence-corrected chi connectivity index (χ3v) is 6.63. The molecule has 0 saturated carbocycles. The molecular formula is C16H20MnN2O11P2. The van der Waals surface area contributed by atoms with E-state index in [9.17, 15) is 39.3 Å². The van der Waals surface area contributed by atoms with Crippen LogP contribution in [0.1, 0.15) is 33.6 Å². The van der Waals surface area contributed by atoms with Crippen LogP contribution in [0.4, 0.5) is 0 Å². The van der Waals surface area contributed by atoms with E-state index in [0.717, 1.165) is 0 Å². The fraction of sp³-hybridized carbons (Fsp3) is 0.375. The van der Waals surface area contributed by atoms with Crippen molar-refractivity contribution in [2.75, 3.05) is 0 Å². The largest absolute Gasteiger partial charge is 2.00 e. The summed E-state index contributed by atoms with van der Waals surface area (Å²) in [5.74, 6) is -0.874. The molecule has 0 spiro atoms. The predicted molar refractivity (Wildman–Crippen MR) is 99.0 cm³/mol. The van der Waals surface area contributed by atoms with Crippen LogP contribution in [0.2, 0.25) is 0 Å². The van der Waals surface area contributed by atoms with Gasteiger partial charge in [0.2, 0.25) is 0 Å². The molecule has 0 aliphatic heterocycles. The first-order valence-electron chi connectivity index (χ1n) is 8.57. The van der Waals surface area contributed by atoms with E-state index in [2.05, 4.69) is 23.3 Å². The molecule has 0 aromatic carbocycles. The molecule has 0 saturated heterocycles. The van der Waals surface area contributed by atoms with E-state index in [1.165, 1.54) is 26.2 Å². The number of phosphoric ester groups is 2. The Kier molecular flexibility index (Phi) is 10.4. The van der Waals surface area contributed by atoms with Crippen LogP contribution in [0.3, 0.4) is 0 Å². The Bertz CT molecular complexity index is 972. The summed E-state index contributed by atoms with van der Waals surface area (Å²) in [4.78, 5) is 31.5. The van der Waals surface area contributed by atoms with Gasteiger partial charge in [0, 0.05) is 34.6 Å². The first-order valence-corrected chi connectivity index (χ1v) is 11.5. The topological polar surface area (TPSA) is 215 Å². The molecule has 32 heavy (non-hydrogen) atoms. The monoisotopic (exact) mass is 533 g/mol. The second-order valence-electron chi connectivity index (χ2n) is 6.23. The fourth-order valence-electron chi connectivity index (χ4n) is 2.42. The summed E-state index contributed by atoms with van der Waals surface area (Å²) in [6.45, 7) is -0.0210. The van der Waals surface area contributed by atoms with Gasteiger partial charge < -0.3 is 39.3 Å². The Morgan fingerprint density at radius 1 is 0.844 bits per heavy atom. The van der Waals surface area contributed by atoms with E-state index in [0.29, 0.717) is 0 Å². The van der Waals surface area contributed by atoms with Crippen LogP contribution in [-0.4, -0.2) is 30.4 Å². The molecule has 177 valence electrons. The van der Waals surface area contributed by atoms with Gasteiger partial charge in [-0.2, -0.15) is 0 Å². The summed E-state index contributed by atoms with van der Waals surface area (Å²) < 4.78 is 36.9. The zero-order valence-corrected chi connectivity index (χ0v) is 19.8. The van der Waals surface area contributed by atoms with Gasteiger partial charge in [-0.15, -0.1) is 0 Å². The zero-order valence-electron chi connectivity index (χ0n) is 16.8. The SMILES string of the molecule is Cc1ncc(CO)c(COP(=O)([O-])OP(=O)([O-])OCc2c(CO)cnc(C)c2O)c1O.[Mn+2]. The molecule has 1 radical (unpaired) electrons. The number of pyridine rings is 2. The number of aromatic nitrogens is 2. The van der Waals surface area contributed by atoms with Crippen LogP contribution in [0.25, 0.3) is 0 Å². The van der Waals surface area contributed by atoms with E-state index < -0.39 is 53.6 Å². The number of hydrogen-bond donors (Lipinski definition) is 4. The van der Waals surface area contributed by atoms with Crippen LogP contribution in [0, 0.1) is 13.8 Å². The second-order valence-corrected chi connectivity index (χ2v) is 9.19. The third-order valence-electron chi connectivity index (χ3n) is 4.14. The summed E-state index contributed by atoms with van der Waals surface area (Å²) in [6.07, 6.45) is 2.38. The van der Waals surface area contributed by atoms with Crippen molar-refractivity contribution in [1.29, 1.82) is 0 Å². The van der Waals surface area contributed by atoms with Crippen LogP contribution in [-0.2, 0) is 66.0 Å². The summed E-state index contributed by atoms with van der Waals surface area (Å²) in [7, 11) is -11.0. The number of aliphatic hydroxyl groups excluding tert-OH is 2. The van der Waals surface area contributed by atoms with Gasteiger partial charge in [0.1, 0.15) is 11.5 Å². The molecule has 2 unspecified atom stereocenters. The Labute approximate surface area is 193 Å². The smallest absolute Gasteiger partial charge is 0.756 e. The van der Waals surface area contributed by atoms with E-state index in [-0.39, 0.29) is 50.7 Å². The Balaban J connectivity index is 0.00000512. The van der Waals surface area contributed by atoms with Gasteiger partial charge in [-0.05, 0) is 13.8 Å². The molecule has 2 rings (SSSR count). The number of nitrogens with zero attached hydrogens (tertiary/aromatic N) is 2. The summed E-state index contributed by atoms with van der Waals surface area (Å²) in [6, 6.07) is 0. The number of aromatic hydroxyl groups is 2. The van der Waals surface area contributed by atoms with Crippen molar-refractivity contribution in [2.45, 2.75) is 40.3 Å². The van der Waals surface area contributed by atoms with Crippen LogP contribution in [0.15, 0.2) is 12.4 Å². The molecular weight excluding hydrogens is 513 g/mol. The van der Waals surface area contributed by atoms with E-state index in [1.54, 1.807) is 0 Å². The molecule has 2 aromatic rings. The normalized spacial score (nSPS) is 14.9. The molecule has 0 aliphatic rings. The molecule has 2 atom stereocenters. The van der Waals surface area contributed by atoms with Crippen molar-refractivity contribution in [3.63, 3.8) is 0 Å². The van der Waals surface area contributed by atoms with Crippen molar-refractivity contribution in [1.82, 2.24) is 9.97 Å². The molecule has 0 aliphatic carbocycles. The van der Waals surface area contributed by atoms with Crippen molar-refractivity contribution >= 4 is 15.6 Å². The van der Waals surface area contributed by atoms with Crippen molar-refractivity contribution < 1.29 is 69.8 Å². The minimum atomic E-state index is -5.49. The number of aryl methyl sites for hydroxylation is 2. The maximum atomic E-state index is 11.9. The molecule has 2 heterocycles. The molecule has 0 fully saturated rings. The van der Waals surface area contributed by atoms with Crippen LogP contribution >= 0.6 is 15.6 Å². The van der Waals surface area contributed by atoms with Gasteiger partial charge in [0.05, 0.1) is 37.8 Å². The molecule has 0 bridgehead atoms. The molecule has 4 N–H and O–H groups in total. The first-order chi connectivity index (χ1) is 14.4. The Morgan fingerprint density at radius 2 is 1.19 bits per heavy atom. The van der Waals surface area contributed by atoms with Crippen molar-refractivity contribution in [3.8, 4) is 11.5 Å². The van der Waals surface area contributed by atoms with Crippen LogP contribution < -0.4 is 9.79 Å². The predicted octanol–water partition coefficient (Wildman–Crippen LogP) is 0.174. The van der Waals surface area contributed by atoms with Crippen LogP contribution in [0.5, 0.6) is 11.5 Å². The van der Waals surface area contributed by atoms with Gasteiger partial charge in [-0.25, -0.2) is 4.31 Å². The summed E-state index contributed by atoms with van der Waals surface area (Å²) in [5, 5.41) is 38.5. The maximum absolute atomic E-state index is 11.9. The minimum Gasteiger partial charge on any atom is -0.756 e. The Morgan fingerprint density at radius 3 is 1.50 bits per heavy atom. The maximum Gasteiger partial charge on any atom is 2.00 e. The average molecular weight is 533 g/mol. The summed E-state index contributed by atoms with van der Waals surface area (Å²) >= 11 is 0. The van der Waals surface area contributed by atoms with Gasteiger partial charge >= 0.3 is 17.1 Å². The quantitative estimate of drug-likeness (QED) is 0.237. The Hall–Kier alpha value is -1.40. The zero-order chi connectivity index (χ0) is 23.4. The fourth-order valence-corrected chi connectivity index (χ4v) is 4.35. The van der Waals surface area contributed by atoms with Gasteiger partial charge in [0.15, 0.2) is 0 Å². The molecule has 16 heteroatoms. The van der Waals surface area contributed by atoms with E-state index in [1.807, 2.05) is 0 Å². The molecule has 2 aromatic heterocycles. The van der Waals surface area contributed by atoms with E-state index >= 15 is 0 Å². The number of aliphatic hydroxyl groups is 2. The molecule has 13 nitrogen and oxygen atoms in total. The van der Waals surface area contributed by atoms with Gasteiger partial charge in [-0.1, -0.05) is 0 Å². The average Bonchev–Trinajstić information content (AvgIpc) is 2.69. The van der Waals surface area contributed by atoms with E-state index in [4.69, 9.17) is 0 Å². The summed E-state index contributed by atoms with van der Waals surface area (Å²) in [5.41, 5.74) is 0.126. The first kappa shape index (κ1) is 28.6.